The quantitative estimate of drug-likeness (QED) is 0.525. The molecule has 1 saturated carbocycles. The monoisotopic (exact) mass is 254 g/mol. The van der Waals surface area contributed by atoms with Gasteiger partial charge in [0.25, 0.3) is 0 Å². The van der Waals surface area contributed by atoms with E-state index in [2.05, 4.69) is 31.1 Å². The van der Waals surface area contributed by atoms with Crippen molar-refractivity contribution >= 4 is 0 Å². The van der Waals surface area contributed by atoms with Crippen molar-refractivity contribution in [2.45, 2.75) is 71.3 Å². The van der Waals surface area contributed by atoms with Crippen LogP contribution in [-0.4, -0.2) is 37.6 Å². The molecule has 2 nitrogen and oxygen atoms in total. The van der Waals surface area contributed by atoms with Gasteiger partial charge in [-0.25, -0.2) is 0 Å². The second-order valence-corrected chi connectivity index (χ2v) is 6.41. The lowest BCUT2D eigenvalue weighted by Gasteiger charge is -2.27. The van der Waals surface area contributed by atoms with Crippen molar-refractivity contribution in [1.82, 2.24) is 10.2 Å². The molecule has 0 atom stereocenters. The highest BCUT2D eigenvalue weighted by molar-refractivity contribution is 4.72. The van der Waals surface area contributed by atoms with Crippen LogP contribution in [0.25, 0.3) is 0 Å². The minimum Gasteiger partial charge on any atom is -0.315 e. The highest BCUT2D eigenvalue weighted by Gasteiger charge is 2.15. The molecule has 0 saturated heterocycles. The molecule has 1 aliphatic carbocycles. The van der Waals surface area contributed by atoms with Crippen molar-refractivity contribution in [3.8, 4) is 0 Å². The third-order valence-corrected chi connectivity index (χ3v) is 4.22. The smallest absolute Gasteiger partial charge is 0.0107 e. The lowest BCUT2D eigenvalue weighted by molar-refractivity contribution is 0.221. The lowest BCUT2D eigenvalue weighted by atomic mass is 10.1. The van der Waals surface area contributed by atoms with Gasteiger partial charge in [-0.3, -0.25) is 0 Å². The number of rotatable bonds is 8. The van der Waals surface area contributed by atoms with E-state index in [0.29, 0.717) is 0 Å². The van der Waals surface area contributed by atoms with E-state index >= 15 is 0 Å². The summed E-state index contributed by atoms with van der Waals surface area (Å²) in [5.74, 6) is 0.848. The molecular formula is C16H34N2. The molecule has 0 radical (unpaired) electrons. The van der Waals surface area contributed by atoms with Gasteiger partial charge < -0.3 is 10.2 Å². The Kier molecular flexibility index (Phi) is 8.70. The molecular weight excluding hydrogens is 220 g/mol. The molecule has 1 aliphatic rings. The van der Waals surface area contributed by atoms with Crippen LogP contribution in [-0.2, 0) is 0 Å². The number of hydrogen-bond acceptors (Lipinski definition) is 2. The van der Waals surface area contributed by atoms with E-state index in [1.165, 1.54) is 64.5 Å². The van der Waals surface area contributed by atoms with Crippen molar-refractivity contribution in [2.24, 2.45) is 5.92 Å². The first-order valence-electron chi connectivity index (χ1n) is 8.11. The van der Waals surface area contributed by atoms with Gasteiger partial charge in [-0.1, -0.05) is 39.5 Å². The molecule has 0 bridgehead atoms. The molecule has 1 N–H and O–H groups in total. The highest BCUT2D eigenvalue weighted by Crippen LogP contribution is 2.20. The van der Waals surface area contributed by atoms with Gasteiger partial charge in [-0.05, 0) is 45.2 Å². The van der Waals surface area contributed by atoms with E-state index in [1.807, 2.05) is 0 Å². The minimum absolute atomic E-state index is 0.848. The highest BCUT2D eigenvalue weighted by atomic mass is 15.1. The Morgan fingerprint density at radius 2 is 1.72 bits per heavy atom. The number of nitrogens with one attached hydrogen (secondary N) is 1. The van der Waals surface area contributed by atoms with Crippen LogP contribution in [0, 0.1) is 5.92 Å². The molecule has 0 spiro atoms. The summed E-state index contributed by atoms with van der Waals surface area (Å²) in [5.41, 5.74) is 0. The van der Waals surface area contributed by atoms with Crippen LogP contribution >= 0.6 is 0 Å². The maximum absolute atomic E-state index is 3.58. The van der Waals surface area contributed by atoms with Crippen LogP contribution < -0.4 is 5.32 Å². The van der Waals surface area contributed by atoms with Crippen molar-refractivity contribution in [2.75, 3.05) is 26.7 Å². The molecule has 2 heteroatoms. The summed E-state index contributed by atoms with van der Waals surface area (Å²) in [6.07, 6.45) is 11.3. The predicted octanol–water partition coefficient (Wildman–Crippen LogP) is 3.67. The van der Waals surface area contributed by atoms with Gasteiger partial charge in [0.1, 0.15) is 0 Å². The Morgan fingerprint density at radius 3 is 2.33 bits per heavy atom. The fourth-order valence-corrected chi connectivity index (χ4v) is 2.90. The molecule has 0 aliphatic heterocycles. The molecule has 0 unspecified atom stereocenters. The molecule has 0 aromatic heterocycles. The van der Waals surface area contributed by atoms with Gasteiger partial charge >= 0.3 is 0 Å². The van der Waals surface area contributed by atoms with Crippen LogP contribution in [0.4, 0.5) is 0 Å². The van der Waals surface area contributed by atoms with E-state index in [0.717, 1.165) is 18.5 Å². The third kappa shape index (κ3) is 7.38. The lowest BCUT2D eigenvalue weighted by Crippen LogP contribution is -2.37. The normalized spacial score (nSPS) is 18.5. The van der Waals surface area contributed by atoms with E-state index in [4.69, 9.17) is 0 Å². The van der Waals surface area contributed by atoms with Crippen LogP contribution in [0.3, 0.4) is 0 Å². The van der Waals surface area contributed by atoms with Crippen LogP contribution in [0.2, 0.25) is 0 Å². The van der Waals surface area contributed by atoms with E-state index < -0.39 is 0 Å². The zero-order valence-corrected chi connectivity index (χ0v) is 12.9. The SMILES string of the molecule is CC(C)CCCNCCN(C)C1CCCCCC1. The fraction of sp³-hybridized carbons (Fsp3) is 1.00. The first-order chi connectivity index (χ1) is 8.70. The molecule has 18 heavy (non-hydrogen) atoms. The number of nitrogens with zero attached hydrogens (tertiary/aromatic N) is 1. The second-order valence-electron chi connectivity index (χ2n) is 6.41. The summed E-state index contributed by atoms with van der Waals surface area (Å²) < 4.78 is 0. The maximum Gasteiger partial charge on any atom is 0.0107 e. The van der Waals surface area contributed by atoms with E-state index in [1.54, 1.807) is 0 Å². The summed E-state index contributed by atoms with van der Waals surface area (Å²) in [6.45, 7) is 8.17. The summed E-state index contributed by atoms with van der Waals surface area (Å²) in [7, 11) is 2.31. The first kappa shape index (κ1) is 16.0. The second kappa shape index (κ2) is 9.80. The summed E-state index contributed by atoms with van der Waals surface area (Å²) in [5, 5.41) is 3.58. The molecule has 108 valence electrons. The maximum atomic E-state index is 3.58. The Balaban J connectivity index is 2.00. The van der Waals surface area contributed by atoms with Gasteiger partial charge in [0.2, 0.25) is 0 Å². The van der Waals surface area contributed by atoms with Crippen LogP contribution in [0.5, 0.6) is 0 Å². The molecule has 1 fully saturated rings. The molecule has 0 aromatic carbocycles. The van der Waals surface area contributed by atoms with Crippen molar-refractivity contribution in [3.63, 3.8) is 0 Å². The van der Waals surface area contributed by atoms with Crippen molar-refractivity contribution in [3.05, 3.63) is 0 Å². The Bertz CT molecular complexity index is 184. The standard InChI is InChI=1S/C16H34N2/c1-15(2)9-8-12-17-13-14-18(3)16-10-6-4-5-7-11-16/h15-17H,4-14H2,1-3H3. The van der Waals surface area contributed by atoms with Crippen molar-refractivity contribution < 1.29 is 0 Å². The average Bonchev–Trinajstić information content (AvgIpc) is 2.61. The summed E-state index contributed by atoms with van der Waals surface area (Å²) in [6, 6.07) is 0.852. The van der Waals surface area contributed by atoms with Gasteiger partial charge in [-0.15, -0.1) is 0 Å². The summed E-state index contributed by atoms with van der Waals surface area (Å²) >= 11 is 0. The molecule has 1 rings (SSSR count). The van der Waals surface area contributed by atoms with E-state index in [9.17, 15) is 0 Å². The van der Waals surface area contributed by atoms with Gasteiger partial charge in [0, 0.05) is 19.1 Å². The topological polar surface area (TPSA) is 15.3 Å². The average molecular weight is 254 g/mol. The van der Waals surface area contributed by atoms with Gasteiger partial charge in [0.05, 0.1) is 0 Å². The van der Waals surface area contributed by atoms with Gasteiger partial charge in [-0.2, -0.15) is 0 Å². The Labute approximate surface area is 115 Å². The third-order valence-electron chi connectivity index (χ3n) is 4.22. The minimum atomic E-state index is 0.848. The van der Waals surface area contributed by atoms with E-state index in [-0.39, 0.29) is 0 Å². The van der Waals surface area contributed by atoms with Crippen LogP contribution in [0.1, 0.15) is 65.2 Å². The fourth-order valence-electron chi connectivity index (χ4n) is 2.90. The summed E-state index contributed by atoms with van der Waals surface area (Å²) in [4.78, 5) is 2.58. The number of hydrogen-bond donors (Lipinski definition) is 1. The molecule has 0 aromatic rings. The van der Waals surface area contributed by atoms with Crippen molar-refractivity contribution in [1.29, 1.82) is 0 Å². The Morgan fingerprint density at radius 1 is 1.06 bits per heavy atom. The predicted molar refractivity (Wildman–Crippen MR) is 81.1 cm³/mol. The van der Waals surface area contributed by atoms with Gasteiger partial charge in [0.15, 0.2) is 0 Å². The zero-order valence-electron chi connectivity index (χ0n) is 12.9. The molecule has 0 amide bonds. The molecule has 0 heterocycles. The first-order valence-corrected chi connectivity index (χ1v) is 8.11. The number of likely N-dealkylation sites (N-methyl/N-ethyl adjacent to an activating group) is 1. The Hall–Kier alpha value is -0.0800. The van der Waals surface area contributed by atoms with Crippen LogP contribution in [0.15, 0.2) is 0 Å². The largest absolute Gasteiger partial charge is 0.315 e. The zero-order chi connectivity index (χ0) is 13.2.